The maximum Gasteiger partial charge on any atom is 0.259 e. The maximum atomic E-state index is 12.7. The molecule has 1 N–H and O–H groups in total. The number of carbonyl (C=O) groups is 1. The molecule has 2 aromatic carbocycles. The van der Waals surface area contributed by atoms with Crippen molar-refractivity contribution in [1.82, 2.24) is 9.78 Å². The molecule has 0 aliphatic carbocycles. The second kappa shape index (κ2) is 6.48. The minimum atomic E-state index is -0.118. The lowest BCUT2D eigenvalue weighted by atomic mass is 10.1. The number of amides is 1. The molecule has 1 heterocycles. The summed E-state index contributed by atoms with van der Waals surface area (Å²) >= 11 is 0. The molecule has 0 aliphatic rings. The topological polar surface area (TPSA) is 46.9 Å². The van der Waals surface area contributed by atoms with Crippen molar-refractivity contribution < 1.29 is 4.79 Å². The van der Waals surface area contributed by atoms with Crippen LogP contribution in [-0.4, -0.2) is 15.7 Å². The van der Waals surface area contributed by atoms with Crippen molar-refractivity contribution in [2.24, 2.45) is 0 Å². The predicted octanol–water partition coefficient (Wildman–Crippen LogP) is 4.00. The molecule has 0 aliphatic heterocycles. The van der Waals surface area contributed by atoms with E-state index in [9.17, 15) is 4.79 Å². The molecule has 0 unspecified atom stereocenters. The third kappa shape index (κ3) is 3.01. The van der Waals surface area contributed by atoms with Crippen LogP contribution in [0.15, 0.2) is 60.7 Å². The number of para-hydroxylation sites is 2. The van der Waals surface area contributed by atoms with Gasteiger partial charge in [0.05, 0.1) is 22.6 Å². The second-order valence-electron chi connectivity index (χ2n) is 5.33. The van der Waals surface area contributed by atoms with E-state index in [0.717, 1.165) is 29.2 Å². The summed E-state index contributed by atoms with van der Waals surface area (Å²) in [7, 11) is 0. The summed E-state index contributed by atoms with van der Waals surface area (Å²) in [6, 6.07) is 19.4. The Morgan fingerprint density at radius 2 is 1.65 bits per heavy atom. The minimum Gasteiger partial charge on any atom is -0.322 e. The smallest absolute Gasteiger partial charge is 0.259 e. The molecule has 0 spiro atoms. The van der Waals surface area contributed by atoms with Crippen molar-refractivity contribution in [2.45, 2.75) is 20.3 Å². The molecule has 1 amide bonds. The van der Waals surface area contributed by atoms with Gasteiger partial charge in [-0.1, -0.05) is 43.3 Å². The van der Waals surface area contributed by atoms with E-state index in [2.05, 4.69) is 10.4 Å². The van der Waals surface area contributed by atoms with Gasteiger partial charge in [0.2, 0.25) is 0 Å². The van der Waals surface area contributed by atoms with Gasteiger partial charge in [0.15, 0.2) is 0 Å². The van der Waals surface area contributed by atoms with Crippen molar-refractivity contribution in [3.8, 4) is 5.69 Å². The first-order chi connectivity index (χ1) is 11.2. The standard InChI is InChI=1S/C19H19N3O/c1-3-17-18(19(23)20-15-10-6-4-7-11-15)14(2)21-22(17)16-12-8-5-9-13-16/h4-13H,3H2,1-2H3,(H,20,23). The Bertz CT molecular complexity index is 807. The lowest BCUT2D eigenvalue weighted by Crippen LogP contribution is -2.15. The second-order valence-corrected chi connectivity index (χ2v) is 5.33. The van der Waals surface area contributed by atoms with Crippen LogP contribution < -0.4 is 5.32 Å². The monoisotopic (exact) mass is 305 g/mol. The lowest BCUT2D eigenvalue weighted by Gasteiger charge is -2.08. The summed E-state index contributed by atoms with van der Waals surface area (Å²) in [5, 5.41) is 7.52. The number of benzene rings is 2. The number of rotatable bonds is 4. The van der Waals surface area contributed by atoms with Crippen molar-refractivity contribution in [3.05, 3.63) is 77.6 Å². The van der Waals surface area contributed by atoms with Crippen molar-refractivity contribution in [1.29, 1.82) is 0 Å². The van der Waals surface area contributed by atoms with E-state index in [1.54, 1.807) is 0 Å². The average molecular weight is 305 g/mol. The Morgan fingerprint density at radius 3 is 2.26 bits per heavy atom. The molecular weight excluding hydrogens is 286 g/mol. The molecule has 0 saturated heterocycles. The highest BCUT2D eigenvalue weighted by molar-refractivity contribution is 6.06. The van der Waals surface area contributed by atoms with Gasteiger partial charge in [-0.25, -0.2) is 4.68 Å². The van der Waals surface area contributed by atoms with Gasteiger partial charge in [-0.3, -0.25) is 4.79 Å². The first kappa shape index (κ1) is 15.0. The van der Waals surface area contributed by atoms with E-state index in [1.807, 2.05) is 79.2 Å². The molecule has 0 fully saturated rings. The van der Waals surface area contributed by atoms with Crippen molar-refractivity contribution >= 4 is 11.6 Å². The number of nitrogens with one attached hydrogen (secondary N) is 1. The van der Waals surface area contributed by atoms with E-state index < -0.39 is 0 Å². The van der Waals surface area contributed by atoms with Gasteiger partial charge in [-0.2, -0.15) is 5.10 Å². The summed E-state index contributed by atoms with van der Waals surface area (Å²) in [4.78, 5) is 12.7. The van der Waals surface area contributed by atoms with Gasteiger partial charge in [0, 0.05) is 5.69 Å². The highest BCUT2D eigenvalue weighted by Gasteiger charge is 2.21. The van der Waals surface area contributed by atoms with Crippen molar-refractivity contribution in [3.63, 3.8) is 0 Å². The van der Waals surface area contributed by atoms with Crippen LogP contribution >= 0.6 is 0 Å². The van der Waals surface area contributed by atoms with E-state index in [-0.39, 0.29) is 5.91 Å². The zero-order valence-electron chi connectivity index (χ0n) is 13.3. The fourth-order valence-electron chi connectivity index (χ4n) is 2.69. The zero-order chi connectivity index (χ0) is 16.2. The van der Waals surface area contributed by atoms with Crippen LogP contribution in [0.2, 0.25) is 0 Å². The summed E-state index contributed by atoms with van der Waals surface area (Å²) in [6.07, 6.45) is 0.729. The summed E-state index contributed by atoms with van der Waals surface area (Å²) in [5.41, 5.74) is 4.05. The van der Waals surface area contributed by atoms with Crippen LogP contribution in [0.5, 0.6) is 0 Å². The van der Waals surface area contributed by atoms with Crippen LogP contribution in [0.4, 0.5) is 5.69 Å². The fourth-order valence-corrected chi connectivity index (χ4v) is 2.69. The van der Waals surface area contributed by atoms with Gasteiger partial charge in [-0.05, 0) is 37.6 Å². The molecule has 0 bridgehead atoms. The Hall–Kier alpha value is -2.88. The molecular formula is C19H19N3O. The van der Waals surface area contributed by atoms with Crippen LogP contribution in [-0.2, 0) is 6.42 Å². The number of nitrogens with zero attached hydrogens (tertiary/aromatic N) is 2. The van der Waals surface area contributed by atoms with Gasteiger partial charge < -0.3 is 5.32 Å². The molecule has 4 heteroatoms. The number of hydrogen-bond donors (Lipinski definition) is 1. The molecule has 0 atom stereocenters. The molecule has 4 nitrogen and oxygen atoms in total. The van der Waals surface area contributed by atoms with E-state index in [4.69, 9.17) is 0 Å². The van der Waals surface area contributed by atoms with Gasteiger partial charge in [0.1, 0.15) is 0 Å². The normalized spacial score (nSPS) is 10.5. The number of aryl methyl sites for hydroxylation is 1. The van der Waals surface area contributed by atoms with Gasteiger partial charge in [-0.15, -0.1) is 0 Å². The third-order valence-electron chi connectivity index (χ3n) is 3.75. The molecule has 1 aromatic heterocycles. The highest BCUT2D eigenvalue weighted by Crippen LogP contribution is 2.20. The molecule has 3 aromatic rings. The SMILES string of the molecule is CCc1c(C(=O)Nc2ccccc2)c(C)nn1-c1ccccc1. The average Bonchev–Trinajstić information content (AvgIpc) is 2.93. The predicted molar refractivity (Wildman–Crippen MR) is 92.1 cm³/mol. The van der Waals surface area contributed by atoms with Crippen LogP contribution in [0.25, 0.3) is 5.69 Å². The lowest BCUT2D eigenvalue weighted by molar-refractivity contribution is 0.102. The number of carbonyl (C=O) groups excluding carboxylic acids is 1. The number of aromatic nitrogens is 2. The Kier molecular flexibility index (Phi) is 4.24. The van der Waals surface area contributed by atoms with Crippen molar-refractivity contribution in [2.75, 3.05) is 5.32 Å². The van der Waals surface area contributed by atoms with Gasteiger partial charge >= 0.3 is 0 Å². The Balaban J connectivity index is 1.99. The highest BCUT2D eigenvalue weighted by atomic mass is 16.1. The minimum absolute atomic E-state index is 0.118. The molecule has 0 radical (unpaired) electrons. The Morgan fingerprint density at radius 1 is 1.04 bits per heavy atom. The van der Waals surface area contributed by atoms with Crippen LogP contribution in [0.3, 0.4) is 0 Å². The largest absolute Gasteiger partial charge is 0.322 e. The maximum absolute atomic E-state index is 12.7. The van der Waals surface area contributed by atoms with E-state index in [1.165, 1.54) is 0 Å². The number of hydrogen-bond acceptors (Lipinski definition) is 2. The zero-order valence-corrected chi connectivity index (χ0v) is 13.3. The Labute approximate surface area is 135 Å². The summed E-state index contributed by atoms with van der Waals surface area (Å²) < 4.78 is 1.86. The van der Waals surface area contributed by atoms with E-state index in [0.29, 0.717) is 5.56 Å². The summed E-state index contributed by atoms with van der Waals surface area (Å²) in [6.45, 7) is 3.91. The molecule has 23 heavy (non-hydrogen) atoms. The molecule has 0 saturated carbocycles. The number of anilines is 1. The van der Waals surface area contributed by atoms with Crippen LogP contribution in [0, 0.1) is 6.92 Å². The van der Waals surface area contributed by atoms with Crippen LogP contribution in [0.1, 0.15) is 28.7 Å². The first-order valence-electron chi connectivity index (χ1n) is 7.71. The molecule has 3 rings (SSSR count). The quantitative estimate of drug-likeness (QED) is 0.792. The first-order valence-corrected chi connectivity index (χ1v) is 7.71. The molecule has 116 valence electrons. The third-order valence-corrected chi connectivity index (χ3v) is 3.75. The summed E-state index contributed by atoms with van der Waals surface area (Å²) in [5.74, 6) is -0.118. The van der Waals surface area contributed by atoms with E-state index >= 15 is 0 Å². The van der Waals surface area contributed by atoms with Gasteiger partial charge in [0.25, 0.3) is 5.91 Å². The fraction of sp³-hybridized carbons (Fsp3) is 0.158.